The van der Waals surface area contributed by atoms with Crippen molar-refractivity contribution in [3.63, 3.8) is 0 Å². The topological polar surface area (TPSA) is 78.9 Å². The molecule has 0 rings (SSSR count). The Morgan fingerprint density at radius 2 is 0.565 bits per heavy atom. The minimum Gasteiger partial charge on any atom is -0.462 e. The molecular formula is C63H102O6. The van der Waals surface area contributed by atoms with Crippen molar-refractivity contribution < 1.29 is 28.6 Å². The molecule has 0 saturated heterocycles. The van der Waals surface area contributed by atoms with Crippen LogP contribution in [-0.4, -0.2) is 37.2 Å². The van der Waals surface area contributed by atoms with Crippen molar-refractivity contribution in [2.75, 3.05) is 13.2 Å². The molecule has 0 aromatic rings. The van der Waals surface area contributed by atoms with Crippen LogP contribution in [0.5, 0.6) is 0 Å². The second-order valence-electron chi connectivity index (χ2n) is 18.1. The minimum atomic E-state index is -0.826. The molecule has 6 heteroatoms. The molecule has 0 aliphatic heterocycles. The molecule has 0 saturated carbocycles. The average Bonchev–Trinajstić information content (AvgIpc) is 3.35. The first-order valence-electron chi connectivity index (χ1n) is 28.0. The summed E-state index contributed by atoms with van der Waals surface area (Å²) in [4.78, 5) is 38.1. The van der Waals surface area contributed by atoms with Gasteiger partial charge in [0.1, 0.15) is 13.2 Å². The van der Waals surface area contributed by atoms with Crippen LogP contribution in [0.2, 0.25) is 0 Å². The number of rotatable bonds is 49. The molecule has 0 N–H and O–H groups in total. The summed E-state index contributed by atoms with van der Waals surface area (Å²) in [6.07, 6.45) is 77.7. The highest BCUT2D eigenvalue weighted by molar-refractivity contribution is 5.71. The zero-order chi connectivity index (χ0) is 50.0. The van der Waals surface area contributed by atoms with E-state index in [-0.39, 0.29) is 44.0 Å². The van der Waals surface area contributed by atoms with Gasteiger partial charge in [0.2, 0.25) is 0 Å². The molecule has 0 atom stereocenters. The number of unbranched alkanes of at least 4 members (excludes halogenated alkanes) is 18. The molecule has 0 aliphatic rings. The summed E-state index contributed by atoms with van der Waals surface area (Å²) in [7, 11) is 0. The summed E-state index contributed by atoms with van der Waals surface area (Å²) in [6.45, 7) is 6.32. The van der Waals surface area contributed by atoms with Gasteiger partial charge in [-0.25, -0.2) is 0 Å². The monoisotopic (exact) mass is 955 g/mol. The highest BCUT2D eigenvalue weighted by atomic mass is 16.6. The largest absolute Gasteiger partial charge is 0.462 e. The van der Waals surface area contributed by atoms with Gasteiger partial charge < -0.3 is 14.2 Å². The van der Waals surface area contributed by atoms with Gasteiger partial charge in [-0.3, -0.25) is 14.4 Å². The fourth-order valence-corrected chi connectivity index (χ4v) is 7.34. The van der Waals surface area contributed by atoms with Crippen molar-refractivity contribution in [2.24, 2.45) is 0 Å². The highest BCUT2D eigenvalue weighted by Gasteiger charge is 2.19. The molecule has 0 aromatic carbocycles. The van der Waals surface area contributed by atoms with E-state index in [9.17, 15) is 14.4 Å². The van der Waals surface area contributed by atoms with Gasteiger partial charge in [-0.05, 0) is 96.3 Å². The molecule has 0 bridgehead atoms. The predicted molar refractivity (Wildman–Crippen MR) is 297 cm³/mol. The number of hydrogen-bond acceptors (Lipinski definition) is 6. The van der Waals surface area contributed by atoms with Gasteiger partial charge >= 0.3 is 17.9 Å². The fraction of sp³-hybridized carbons (Fsp3) is 0.635. The number of esters is 3. The lowest BCUT2D eigenvalue weighted by atomic mass is 10.0. The van der Waals surface area contributed by atoms with E-state index in [4.69, 9.17) is 14.2 Å². The first-order valence-corrected chi connectivity index (χ1v) is 28.0. The Hall–Kier alpha value is -4.19. The van der Waals surface area contributed by atoms with Gasteiger partial charge in [-0.2, -0.15) is 0 Å². The Morgan fingerprint density at radius 3 is 0.870 bits per heavy atom. The van der Waals surface area contributed by atoms with E-state index in [1.807, 2.05) is 0 Å². The van der Waals surface area contributed by atoms with Gasteiger partial charge in [0.05, 0.1) is 0 Å². The normalized spacial score (nSPS) is 12.6. The van der Waals surface area contributed by atoms with E-state index in [1.54, 1.807) is 0 Å². The van der Waals surface area contributed by atoms with E-state index < -0.39 is 6.10 Å². The van der Waals surface area contributed by atoms with Gasteiger partial charge in [0.15, 0.2) is 6.10 Å². The van der Waals surface area contributed by atoms with Gasteiger partial charge in [0, 0.05) is 19.3 Å². The van der Waals surface area contributed by atoms with Crippen molar-refractivity contribution in [3.8, 4) is 0 Å². The summed E-state index contributed by atoms with van der Waals surface area (Å²) in [5.41, 5.74) is 0. The number of hydrogen-bond donors (Lipinski definition) is 0. The SMILES string of the molecule is CC/C=C\C/C=C\C/C=C\C/C=C\C/C=C\CCCC(=O)OCC(COC(=O)CCC/C=C\C/C=C\C/C=C\C/C=C\C/C=C\CC)OC(=O)CCCCCCCCCCCCCCCCCCC. The standard InChI is InChI=1S/C63H102O6/c1-4-7-10-13-16-19-22-25-28-31-34-37-40-43-46-49-52-55-61(64)67-58-60(69-63(66)57-54-51-48-45-42-39-36-33-30-27-24-21-18-15-12-9-6-3)59-68-62(65)56-53-50-47-44-41-38-35-32-29-26-23-20-17-14-11-8-5-2/h7-8,10-11,16-17,19-20,25-26,28-29,34-35,37-38,43-44,46-47,60H,4-6,9,12-15,18,21-24,27,30-33,36,39-42,45,48-59H2,1-3H3/b10-7-,11-8-,19-16-,20-17-,28-25-,29-26-,37-34-,38-35-,46-43-,47-44-. The van der Waals surface area contributed by atoms with Crippen LogP contribution >= 0.6 is 0 Å². The van der Waals surface area contributed by atoms with Crippen LogP contribution in [0.3, 0.4) is 0 Å². The van der Waals surface area contributed by atoms with Gasteiger partial charge in [-0.1, -0.05) is 245 Å². The third kappa shape index (κ3) is 54.6. The van der Waals surface area contributed by atoms with Crippen molar-refractivity contribution in [1.82, 2.24) is 0 Å². The lowest BCUT2D eigenvalue weighted by molar-refractivity contribution is -0.167. The quantitative estimate of drug-likeness (QED) is 0.0262. The number of carbonyl (C=O) groups excluding carboxylic acids is 3. The molecule has 390 valence electrons. The van der Waals surface area contributed by atoms with Crippen molar-refractivity contribution >= 4 is 17.9 Å². The third-order valence-corrected chi connectivity index (χ3v) is 11.5. The van der Waals surface area contributed by atoms with Crippen LogP contribution in [0.15, 0.2) is 122 Å². The summed E-state index contributed by atoms with van der Waals surface area (Å²) < 4.78 is 16.8. The van der Waals surface area contributed by atoms with Crippen LogP contribution in [0.1, 0.15) is 239 Å². The van der Waals surface area contributed by atoms with E-state index in [0.717, 1.165) is 96.3 Å². The minimum absolute atomic E-state index is 0.126. The zero-order valence-electron chi connectivity index (χ0n) is 44.5. The van der Waals surface area contributed by atoms with Gasteiger partial charge in [0.25, 0.3) is 0 Å². The molecular weight excluding hydrogens is 853 g/mol. The van der Waals surface area contributed by atoms with Crippen molar-refractivity contribution in [3.05, 3.63) is 122 Å². The number of ether oxygens (including phenoxy) is 3. The molecule has 0 amide bonds. The maximum absolute atomic E-state index is 12.9. The van der Waals surface area contributed by atoms with Crippen molar-refractivity contribution in [1.29, 1.82) is 0 Å². The lowest BCUT2D eigenvalue weighted by Gasteiger charge is -2.18. The first-order chi connectivity index (χ1) is 34.0. The van der Waals surface area contributed by atoms with Crippen LogP contribution in [0.4, 0.5) is 0 Å². The van der Waals surface area contributed by atoms with Crippen LogP contribution in [0, 0.1) is 0 Å². The van der Waals surface area contributed by atoms with E-state index in [0.29, 0.717) is 19.3 Å². The van der Waals surface area contributed by atoms with Crippen molar-refractivity contribution in [2.45, 2.75) is 245 Å². The highest BCUT2D eigenvalue weighted by Crippen LogP contribution is 2.15. The third-order valence-electron chi connectivity index (χ3n) is 11.5. The number of allylic oxidation sites excluding steroid dienone is 20. The maximum atomic E-state index is 12.9. The molecule has 0 fully saturated rings. The van der Waals surface area contributed by atoms with Gasteiger partial charge in [-0.15, -0.1) is 0 Å². The number of carbonyl (C=O) groups is 3. The van der Waals surface area contributed by atoms with E-state index in [2.05, 4.69) is 142 Å². The first kappa shape index (κ1) is 64.8. The molecule has 0 radical (unpaired) electrons. The molecule has 0 unspecified atom stereocenters. The molecule has 0 aliphatic carbocycles. The Labute approximate surface area is 424 Å². The summed E-state index contributed by atoms with van der Waals surface area (Å²) >= 11 is 0. The second kappa shape index (κ2) is 56.4. The molecule has 0 aromatic heterocycles. The summed E-state index contributed by atoms with van der Waals surface area (Å²) in [5.74, 6) is -1.04. The summed E-state index contributed by atoms with van der Waals surface area (Å²) in [6, 6.07) is 0. The predicted octanol–water partition coefficient (Wildman–Crippen LogP) is 18.9. The van der Waals surface area contributed by atoms with Crippen LogP contribution < -0.4 is 0 Å². The Bertz CT molecular complexity index is 1390. The molecule has 0 heterocycles. The van der Waals surface area contributed by atoms with Crippen LogP contribution in [-0.2, 0) is 28.6 Å². The van der Waals surface area contributed by atoms with E-state index in [1.165, 1.54) is 89.9 Å². The molecule has 6 nitrogen and oxygen atoms in total. The lowest BCUT2D eigenvalue weighted by Crippen LogP contribution is -2.30. The Morgan fingerprint density at radius 1 is 0.304 bits per heavy atom. The smallest absolute Gasteiger partial charge is 0.306 e. The second-order valence-corrected chi connectivity index (χ2v) is 18.1. The van der Waals surface area contributed by atoms with Crippen LogP contribution in [0.25, 0.3) is 0 Å². The fourth-order valence-electron chi connectivity index (χ4n) is 7.34. The Balaban J connectivity index is 4.56. The molecule has 0 spiro atoms. The average molecular weight is 956 g/mol. The molecule has 69 heavy (non-hydrogen) atoms. The summed E-state index contributed by atoms with van der Waals surface area (Å²) in [5, 5.41) is 0. The Kier molecular flexibility index (Phi) is 53.0. The maximum Gasteiger partial charge on any atom is 0.306 e. The zero-order valence-corrected chi connectivity index (χ0v) is 44.5. The van der Waals surface area contributed by atoms with E-state index >= 15 is 0 Å².